The fraction of sp³-hybridized carbons (Fsp3) is 0.286. The third-order valence-corrected chi connectivity index (χ3v) is 4.50. The van der Waals surface area contributed by atoms with Crippen molar-refractivity contribution in [3.63, 3.8) is 0 Å². The second-order valence-corrected chi connectivity index (χ2v) is 7.21. The summed E-state index contributed by atoms with van der Waals surface area (Å²) in [5.74, 6) is 0.769. The van der Waals surface area contributed by atoms with Gasteiger partial charge in [0, 0.05) is 10.6 Å². The van der Waals surface area contributed by atoms with E-state index in [1.165, 1.54) is 0 Å². The zero-order valence-electron chi connectivity index (χ0n) is 11.7. The molecule has 0 fully saturated rings. The van der Waals surface area contributed by atoms with Gasteiger partial charge in [0.15, 0.2) is 5.65 Å². The number of rotatable bonds is 2. The Labute approximate surface area is 146 Å². The maximum Gasteiger partial charge on any atom is 0.163 e. The number of hydrogen-bond donors (Lipinski definition) is 0. The average Bonchev–Trinajstić information content (AvgIpc) is 2.90. The van der Waals surface area contributed by atoms with Gasteiger partial charge in [0.1, 0.15) is 11.3 Å². The van der Waals surface area contributed by atoms with Crippen LogP contribution in [0.25, 0.3) is 16.9 Å². The first-order chi connectivity index (χ1) is 9.90. The average molecular weight is 435 g/mol. The molecular formula is C14H13Cl2IN4. The number of halogens is 3. The van der Waals surface area contributed by atoms with Crippen LogP contribution in [0.15, 0.2) is 18.2 Å². The maximum absolute atomic E-state index is 6.43. The zero-order chi connectivity index (χ0) is 15.3. The first kappa shape index (κ1) is 15.1. The van der Waals surface area contributed by atoms with E-state index in [9.17, 15) is 0 Å². The van der Waals surface area contributed by atoms with E-state index in [0.717, 1.165) is 31.9 Å². The molecule has 21 heavy (non-hydrogen) atoms. The highest BCUT2D eigenvalue weighted by Gasteiger charge is 2.22. The minimum absolute atomic E-state index is 0.229. The van der Waals surface area contributed by atoms with E-state index in [1.54, 1.807) is 0 Å². The number of imidazole rings is 1. The Hall–Kier alpha value is -0.790. The van der Waals surface area contributed by atoms with Gasteiger partial charge in [0.2, 0.25) is 0 Å². The summed E-state index contributed by atoms with van der Waals surface area (Å²) in [6.07, 6.45) is 0. The molecule has 110 valence electrons. The third-order valence-electron chi connectivity index (χ3n) is 3.33. The van der Waals surface area contributed by atoms with Crippen LogP contribution in [0.4, 0.5) is 0 Å². The van der Waals surface area contributed by atoms with E-state index < -0.39 is 0 Å². The van der Waals surface area contributed by atoms with E-state index >= 15 is 0 Å². The quantitative estimate of drug-likeness (QED) is 0.435. The van der Waals surface area contributed by atoms with Crippen molar-refractivity contribution >= 4 is 57.0 Å². The molecule has 0 saturated heterocycles. The first-order valence-electron chi connectivity index (χ1n) is 6.41. The lowest BCUT2D eigenvalue weighted by molar-refractivity contribution is 0.748. The lowest BCUT2D eigenvalue weighted by atomic mass is 10.3. The van der Waals surface area contributed by atoms with Crippen LogP contribution in [0.3, 0.4) is 0 Å². The van der Waals surface area contributed by atoms with Crippen LogP contribution >= 0.6 is 45.8 Å². The molecule has 4 nitrogen and oxygen atoms in total. The zero-order valence-corrected chi connectivity index (χ0v) is 15.4. The van der Waals surface area contributed by atoms with Crippen molar-refractivity contribution < 1.29 is 0 Å². The van der Waals surface area contributed by atoms with Crippen molar-refractivity contribution in [2.75, 3.05) is 0 Å². The molecule has 0 radical (unpaired) electrons. The molecule has 3 rings (SSSR count). The number of fused-ring (bicyclic) bond motifs is 1. The number of aryl methyl sites for hydroxylation is 2. The minimum atomic E-state index is -0.229. The number of hydrogen-bond acceptors (Lipinski definition) is 2. The van der Waals surface area contributed by atoms with Crippen LogP contribution in [0.5, 0.6) is 0 Å². The molecule has 0 amide bonds. The Kier molecular flexibility index (Phi) is 3.92. The van der Waals surface area contributed by atoms with Crippen molar-refractivity contribution in [3.8, 4) is 5.69 Å². The molecule has 0 aliphatic carbocycles. The van der Waals surface area contributed by atoms with Gasteiger partial charge in [-0.15, -0.1) is 11.6 Å². The highest BCUT2D eigenvalue weighted by molar-refractivity contribution is 14.1. The molecule has 0 aliphatic heterocycles. The van der Waals surface area contributed by atoms with Gasteiger partial charge < -0.3 is 0 Å². The van der Waals surface area contributed by atoms with Crippen molar-refractivity contribution in [1.82, 2.24) is 19.3 Å². The fourth-order valence-corrected chi connectivity index (χ4v) is 3.54. The van der Waals surface area contributed by atoms with Gasteiger partial charge in [-0.3, -0.25) is 4.57 Å². The normalized spacial score (nSPS) is 13.0. The Bertz CT molecular complexity index is 835. The lowest BCUT2D eigenvalue weighted by Crippen LogP contribution is -2.06. The second-order valence-electron chi connectivity index (χ2n) is 4.90. The standard InChI is InChI=1S/C14H13Cl2IN4/c1-7(15)13-18-12-8(2)19-20(3)14(12)21(13)11-5-4-9(17)6-10(11)16/h4-7H,1-3H3. The Morgan fingerprint density at radius 1 is 1.33 bits per heavy atom. The topological polar surface area (TPSA) is 35.6 Å². The largest absolute Gasteiger partial charge is 0.278 e. The molecule has 1 unspecified atom stereocenters. The third kappa shape index (κ3) is 2.45. The molecule has 2 aromatic heterocycles. The summed E-state index contributed by atoms with van der Waals surface area (Å²) >= 11 is 15.0. The van der Waals surface area contributed by atoms with Crippen molar-refractivity contribution in [2.45, 2.75) is 19.2 Å². The van der Waals surface area contributed by atoms with Crippen molar-refractivity contribution in [1.29, 1.82) is 0 Å². The van der Waals surface area contributed by atoms with Crippen LogP contribution in [0.1, 0.15) is 23.8 Å². The summed E-state index contributed by atoms with van der Waals surface area (Å²) in [6, 6.07) is 5.92. The Morgan fingerprint density at radius 2 is 2.05 bits per heavy atom. The van der Waals surface area contributed by atoms with Crippen LogP contribution in [-0.2, 0) is 7.05 Å². The minimum Gasteiger partial charge on any atom is -0.278 e. The summed E-state index contributed by atoms with van der Waals surface area (Å²) in [7, 11) is 1.90. The van der Waals surface area contributed by atoms with Crippen molar-refractivity contribution in [3.05, 3.63) is 38.3 Å². The SMILES string of the molecule is Cc1nn(C)c2c1nc(C(C)Cl)n2-c1ccc(I)cc1Cl. The van der Waals surface area contributed by atoms with Crippen molar-refractivity contribution in [2.24, 2.45) is 7.05 Å². The summed E-state index contributed by atoms with van der Waals surface area (Å²) in [5.41, 5.74) is 3.50. The predicted molar refractivity (Wildman–Crippen MR) is 94.6 cm³/mol. The van der Waals surface area contributed by atoms with Gasteiger partial charge in [0.05, 0.1) is 21.8 Å². The maximum atomic E-state index is 6.43. The molecule has 0 N–H and O–H groups in total. The molecule has 2 heterocycles. The van der Waals surface area contributed by atoms with Crippen LogP contribution in [0.2, 0.25) is 5.02 Å². The van der Waals surface area contributed by atoms with E-state index in [1.807, 2.05) is 48.3 Å². The van der Waals surface area contributed by atoms with Gasteiger partial charge in [0.25, 0.3) is 0 Å². The Balaban J connectivity index is 2.41. The molecule has 7 heteroatoms. The molecule has 0 bridgehead atoms. The van der Waals surface area contributed by atoms with E-state index in [0.29, 0.717) is 5.02 Å². The van der Waals surface area contributed by atoms with Crippen LogP contribution in [0, 0.1) is 10.5 Å². The number of nitrogens with zero attached hydrogens (tertiary/aromatic N) is 4. The van der Waals surface area contributed by atoms with Gasteiger partial charge >= 0.3 is 0 Å². The molecule has 0 saturated carbocycles. The van der Waals surface area contributed by atoms with E-state index in [2.05, 4.69) is 32.7 Å². The molecule has 0 spiro atoms. The smallest absolute Gasteiger partial charge is 0.163 e. The van der Waals surface area contributed by atoms with Gasteiger partial charge in [-0.2, -0.15) is 5.10 Å². The van der Waals surface area contributed by atoms with Crippen LogP contribution < -0.4 is 0 Å². The molecule has 1 atom stereocenters. The first-order valence-corrected chi connectivity index (χ1v) is 8.31. The summed E-state index contributed by atoms with van der Waals surface area (Å²) < 4.78 is 4.89. The van der Waals surface area contributed by atoms with E-state index in [4.69, 9.17) is 23.2 Å². The lowest BCUT2D eigenvalue weighted by Gasteiger charge is -2.13. The second kappa shape index (κ2) is 5.44. The monoisotopic (exact) mass is 434 g/mol. The molecular weight excluding hydrogens is 422 g/mol. The van der Waals surface area contributed by atoms with Gasteiger partial charge in [-0.25, -0.2) is 9.67 Å². The number of alkyl halides is 1. The predicted octanol–water partition coefficient (Wildman–Crippen LogP) is 4.63. The summed E-state index contributed by atoms with van der Waals surface area (Å²) in [5, 5.41) is 4.87. The van der Waals surface area contributed by atoms with E-state index in [-0.39, 0.29) is 5.38 Å². The fourth-order valence-electron chi connectivity index (χ4n) is 2.46. The van der Waals surface area contributed by atoms with Gasteiger partial charge in [-0.05, 0) is 54.6 Å². The molecule has 3 aromatic rings. The molecule has 1 aromatic carbocycles. The van der Waals surface area contributed by atoms with Crippen LogP contribution in [-0.4, -0.2) is 19.3 Å². The van der Waals surface area contributed by atoms with Gasteiger partial charge in [-0.1, -0.05) is 11.6 Å². The summed E-state index contributed by atoms with van der Waals surface area (Å²) in [6.45, 7) is 3.85. The number of benzene rings is 1. The highest BCUT2D eigenvalue weighted by Crippen LogP contribution is 2.32. The number of aromatic nitrogens is 4. The Morgan fingerprint density at radius 3 is 2.67 bits per heavy atom. The molecule has 0 aliphatic rings. The highest BCUT2D eigenvalue weighted by atomic mass is 127. The summed E-state index contributed by atoms with van der Waals surface area (Å²) in [4.78, 5) is 4.66.